The second kappa shape index (κ2) is 8.83. The van der Waals surface area contributed by atoms with Gasteiger partial charge in [-0.3, -0.25) is 0 Å². The van der Waals surface area contributed by atoms with Crippen LogP contribution in [0.1, 0.15) is 40.0 Å². The predicted octanol–water partition coefficient (Wildman–Crippen LogP) is 3.37. The van der Waals surface area contributed by atoms with Crippen LogP contribution < -0.4 is 0 Å². The van der Waals surface area contributed by atoms with Crippen LogP contribution in [0.2, 0.25) is 0 Å². The average Bonchev–Trinajstić information content (AvgIpc) is 2.10. The Balaban J connectivity index is 3.36. The number of nitrogens with zero attached hydrogens (tertiary/aromatic N) is 1. The number of hydrogen-bond donors (Lipinski definition) is 0. The lowest BCUT2D eigenvalue weighted by atomic mass is 10.1. The van der Waals surface area contributed by atoms with Crippen LogP contribution in [0.4, 0.5) is 0 Å². The highest BCUT2D eigenvalue weighted by molar-refractivity contribution is 6.17. The lowest BCUT2D eigenvalue weighted by Crippen LogP contribution is -2.26. The maximum Gasteiger partial charge on any atom is 0.0235 e. The Kier molecular flexibility index (Phi) is 9.00. The van der Waals surface area contributed by atoms with Gasteiger partial charge in [-0.25, -0.2) is 0 Å². The van der Waals surface area contributed by atoms with E-state index in [1.165, 1.54) is 19.4 Å². The third-order valence-electron chi connectivity index (χ3n) is 2.31. The van der Waals surface area contributed by atoms with Crippen LogP contribution in [-0.4, -0.2) is 30.4 Å². The van der Waals surface area contributed by atoms with Gasteiger partial charge in [0.05, 0.1) is 0 Å². The summed E-state index contributed by atoms with van der Waals surface area (Å²) < 4.78 is 0. The zero-order chi connectivity index (χ0) is 10.1. The Labute approximate surface area is 88.5 Å². The largest absolute Gasteiger partial charge is 0.304 e. The van der Waals surface area contributed by atoms with E-state index >= 15 is 0 Å². The molecule has 0 aliphatic heterocycles. The molecule has 0 aliphatic rings. The number of hydrogen-bond acceptors (Lipinski definition) is 1. The predicted molar refractivity (Wildman–Crippen MR) is 61.5 cm³/mol. The highest BCUT2D eigenvalue weighted by Gasteiger charge is 2.01. The van der Waals surface area contributed by atoms with E-state index in [1.807, 2.05) is 0 Å². The summed E-state index contributed by atoms with van der Waals surface area (Å²) in [5, 5.41) is 0. The third kappa shape index (κ3) is 8.58. The Morgan fingerprint density at radius 1 is 1.15 bits per heavy atom. The molecule has 0 saturated heterocycles. The summed E-state index contributed by atoms with van der Waals surface area (Å²) in [6.45, 7) is 10.4. The molecule has 0 heterocycles. The Morgan fingerprint density at radius 2 is 1.77 bits per heavy atom. The lowest BCUT2D eigenvalue weighted by Gasteiger charge is -2.20. The Morgan fingerprint density at radius 3 is 2.23 bits per heavy atom. The first-order chi connectivity index (χ1) is 6.20. The first kappa shape index (κ1) is 13.2. The first-order valence-electron chi connectivity index (χ1n) is 5.49. The maximum absolute atomic E-state index is 5.66. The molecule has 0 atom stereocenters. The van der Waals surface area contributed by atoms with Crippen LogP contribution in [0, 0.1) is 5.92 Å². The molecule has 0 N–H and O–H groups in total. The zero-order valence-electron chi connectivity index (χ0n) is 9.35. The van der Waals surface area contributed by atoms with Crippen molar-refractivity contribution in [3.8, 4) is 0 Å². The Bertz CT molecular complexity index is 104. The van der Waals surface area contributed by atoms with Gasteiger partial charge in [0, 0.05) is 5.88 Å². The van der Waals surface area contributed by atoms with Gasteiger partial charge >= 0.3 is 0 Å². The molecular formula is C11H24ClN. The molecule has 13 heavy (non-hydrogen) atoms. The van der Waals surface area contributed by atoms with Gasteiger partial charge in [0.1, 0.15) is 0 Å². The van der Waals surface area contributed by atoms with E-state index in [4.69, 9.17) is 11.6 Å². The van der Waals surface area contributed by atoms with Gasteiger partial charge in [0.2, 0.25) is 0 Å². The smallest absolute Gasteiger partial charge is 0.0235 e. The van der Waals surface area contributed by atoms with Crippen LogP contribution in [0.15, 0.2) is 0 Å². The van der Waals surface area contributed by atoms with Crippen LogP contribution in [0.5, 0.6) is 0 Å². The van der Waals surface area contributed by atoms with Crippen molar-refractivity contribution in [1.29, 1.82) is 0 Å². The van der Waals surface area contributed by atoms with E-state index in [2.05, 4.69) is 25.7 Å². The molecule has 0 radical (unpaired) electrons. The van der Waals surface area contributed by atoms with Gasteiger partial charge in [-0.15, -0.1) is 11.6 Å². The van der Waals surface area contributed by atoms with E-state index in [9.17, 15) is 0 Å². The van der Waals surface area contributed by atoms with E-state index in [0.29, 0.717) is 0 Å². The van der Waals surface area contributed by atoms with Gasteiger partial charge in [0.15, 0.2) is 0 Å². The second-order valence-corrected chi connectivity index (χ2v) is 4.39. The molecule has 0 fully saturated rings. The van der Waals surface area contributed by atoms with Crippen molar-refractivity contribution in [1.82, 2.24) is 4.90 Å². The average molecular weight is 206 g/mol. The van der Waals surface area contributed by atoms with Gasteiger partial charge in [-0.05, 0) is 44.8 Å². The summed E-state index contributed by atoms with van der Waals surface area (Å²) in [4.78, 5) is 2.49. The van der Waals surface area contributed by atoms with Crippen molar-refractivity contribution in [2.24, 2.45) is 5.92 Å². The molecule has 0 bridgehead atoms. The number of rotatable bonds is 8. The third-order valence-corrected chi connectivity index (χ3v) is 2.58. The van der Waals surface area contributed by atoms with Crippen molar-refractivity contribution in [3.63, 3.8) is 0 Å². The molecule has 0 spiro atoms. The van der Waals surface area contributed by atoms with Crippen molar-refractivity contribution >= 4 is 11.6 Å². The second-order valence-electron chi connectivity index (χ2n) is 4.01. The van der Waals surface area contributed by atoms with E-state index < -0.39 is 0 Å². The molecule has 0 aromatic rings. The number of halogens is 1. The van der Waals surface area contributed by atoms with Crippen molar-refractivity contribution < 1.29 is 0 Å². The van der Waals surface area contributed by atoms with E-state index in [0.717, 1.165) is 31.3 Å². The van der Waals surface area contributed by atoms with Crippen LogP contribution >= 0.6 is 11.6 Å². The summed E-state index contributed by atoms with van der Waals surface area (Å²) in [5.41, 5.74) is 0. The summed E-state index contributed by atoms with van der Waals surface area (Å²) in [5.74, 6) is 1.63. The minimum absolute atomic E-state index is 0.792. The molecule has 0 unspecified atom stereocenters. The highest BCUT2D eigenvalue weighted by atomic mass is 35.5. The van der Waals surface area contributed by atoms with Gasteiger partial charge in [-0.2, -0.15) is 0 Å². The maximum atomic E-state index is 5.66. The normalized spacial score (nSPS) is 11.5. The topological polar surface area (TPSA) is 3.24 Å². The number of alkyl halides is 1. The van der Waals surface area contributed by atoms with Gasteiger partial charge < -0.3 is 4.90 Å². The summed E-state index contributed by atoms with van der Waals surface area (Å²) in [6, 6.07) is 0. The Hall–Kier alpha value is 0.250. The minimum atomic E-state index is 0.792. The van der Waals surface area contributed by atoms with Gasteiger partial charge in [-0.1, -0.05) is 20.8 Å². The van der Waals surface area contributed by atoms with Crippen LogP contribution in [0.25, 0.3) is 0 Å². The zero-order valence-corrected chi connectivity index (χ0v) is 10.1. The van der Waals surface area contributed by atoms with Crippen molar-refractivity contribution in [3.05, 3.63) is 0 Å². The van der Waals surface area contributed by atoms with Crippen LogP contribution in [0.3, 0.4) is 0 Å². The fraction of sp³-hybridized carbons (Fsp3) is 1.00. The molecule has 0 saturated carbocycles. The van der Waals surface area contributed by atoms with Gasteiger partial charge in [0.25, 0.3) is 0 Å². The molecule has 0 aliphatic carbocycles. The highest BCUT2D eigenvalue weighted by Crippen LogP contribution is 2.05. The van der Waals surface area contributed by atoms with Crippen molar-refractivity contribution in [2.45, 2.75) is 40.0 Å². The molecule has 80 valence electrons. The standard InChI is InChI=1S/C11H24ClN/c1-4-13(10-6-8-12)9-5-7-11(2)3/h11H,4-10H2,1-3H3. The molecular weight excluding hydrogens is 182 g/mol. The fourth-order valence-corrected chi connectivity index (χ4v) is 1.55. The lowest BCUT2D eigenvalue weighted by molar-refractivity contribution is 0.277. The van der Waals surface area contributed by atoms with Crippen molar-refractivity contribution in [2.75, 3.05) is 25.5 Å². The van der Waals surface area contributed by atoms with E-state index in [1.54, 1.807) is 0 Å². The first-order valence-corrected chi connectivity index (χ1v) is 6.02. The molecule has 0 aromatic carbocycles. The molecule has 0 amide bonds. The summed E-state index contributed by atoms with van der Waals surface area (Å²) in [6.07, 6.45) is 3.79. The van der Waals surface area contributed by atoms with E-state index in [-0.39, 0.29) is 0 Å². The molecule has 0 rings (SSSR count). The quantitative estimate of drug-likeness (QED) is 0.550. The molecule has 0 aromatic heterocycles. The van der Waals surface area contributed by atoms with Crippen LogP contribution in [-0.2, 0) is 0 Å². The molecule has 1 nitrogen and oxygen atoms in total. The fourth-order valence-electron chi connectivity index (χ4n) is 1.43. The minimum Gasteiger partial charge on any atom is -0.304 e. The summed E-state index contributed by atoms with van der Waals surface area (Å²) in [7, 11) is 0. The molecule has 2 heteroatoms. The monoisotopic (exact) mass is 205 g/mol. The SMILES string of the molecule is CCN(CCCCl)CCCC(C)C. The summed E-state index contributed by atoms with van der Waals surface area (Å²) >= 11 is 5.66.